The van der Waals surface area contributed by atoms with E-state index in [9.17, 15) is 13.2 Å². The molecule has 1 aliphatic carbocycles. The Morgan fingerprint density at radius 3 is 2.45 bits per heavy atom. The highest BCUT2D eigenvalue weighted by atomic mass is 32.2. The second-order valence-corrected chi connectivity index (χ2v) is 7.69. The highest BCUT2D eigenvalue weighted by Gasteiger charge is 2.50. The molecule has 0 aliphatic heterocycles. The molecule has 1 fully saturated rings. The third-order valence-electron chi connectivity index (χ3n) is 4.06. The summed E-state index contributed by atoms with van der Waals surface area (Å²) >= 11 is 0. The predicted molar refractivity (Wildman–Crippen MR) is 79.4 cm³/mol. The van der Waals surface area contributed by atoms with E-state index < -0.39 is 14.6 Å². The lowest BCUT2D eigenvalue weighted by atomic mass is 9.85. The maximum atomic E-state index is 13.0. The van der Waals surface area contributed by atoms with Crippen molar-refractivity contribution in [3.63, 3.8) is 0 Å². The van der Waals surface area contributed by atoms with Crippen LogP contribution in [0.5, 0.6) is 0 Å². The van der Waals surface area contributed by atoms with Gasteiger partial charge in [0, 0.05) is 6.42 Å². The Morgan fingerprint density at radius 1 is 1.25 bits per heavy atom. The predicted octanol–water partition coefficient (Wildman–Crippen LogP) is 3.23. The SMILES string of the molecule is C=CC[C@@]1(S(=O)(=O)c2ccc(C)cc2)CCCCC1=O. The molecule has 3 nitrogen and oxygen atoms in total. The summed E-state index contributed by atoms with van der Waals surface area (Å²) in [5, 5.41) is 0. The van der Waals surface area contributed by atoms with Gasteiger partial charge in [-0.05, 0) is 38.3 Å². The molecule has 1 saturated carbocycles. The number of carbonyl (C=O) groups excluding carboxylic acids is 1. The minimum Gasteiger partial charge on any atom is -0.298 e. The molecule has 20 heavy (non-hydrogen) atoms. The second kappa shape index (κ2) is 5.52. The first-order valence-electron chi connectivity index (χ1n) is 6.89. The fourth-order valence-electron chi connectivity index (χ4n) is 2.85. The Kier molecular flexibility index (Phi) is 4.14. The topological polar surface area (TPSA) is 51.2 Å². The van der Waals surface area contributed by atoms with Crippen molar-refractivity contribution in [3.8, 4) is 0 Å². The van der Waals surface area contributed by atoms with Crippen molar-refractivity contribution >= 4 is 15.6 Å². The highest BCUT2D eigenvalue weighted by Crippen LogP contribution is 2.39. The molecule has 0 bridgehead atoms. The van der Waals surface area contributed by atoms with Crippen LogP contribution in [-0.4, -0.2) is 18.9 Å². The van der Waals surface area contributed by atoms with E-state index in [-0.39, 0.29) is 17.1 Å². The van der Waals surface area contributed by atoms with Crippen LogP contribution in [0.25, 0.3) is 0 Å². The molecule has 0 saturated heterocycles. The van der Waals surface area contributed by atoms with E-state index in [4.69, 9.17) is 0 Å². The van der Waals surface area contributed by atoms with E-state index in [1.165, 1.54) is 0 Å². The molecule has 4 heteroatoms. The van der Waals surface area contributed by atoms with Gasteiger partial charge in [0.2, 0.25) is 0 Å². The molecule has 0 spiro atoms. The van der Waals surface area contributed by atoms with Crippen molar-refractivity contribution in [3.05, 3.63) is 42.5 Å². The summed E-state index contributed by atoms with van der Waals surface area (Å²) in [6.45, 7) is 5.54. The van der Waals surface area contributed by atoms with Crippen LogP contribution in [0.2, 0.25) is 0 Å². The summed E-state index contributed by atoms with van der Waals surface area (Å²) in [4.78, 5) is 12.6. The summed E-state index contributed by atoms with van der Waals surface area (Å²) in [6.07, 6.45) is 4.04. The van der Waals surface area contributed by atoms with Gasteiger partial charge in [-0.3, -0.25) is 4.79 Å². The van der Waals surface area contributed by atoms with Gasteiger partial charge in [-0.25, -0.2) is 8.42 Å². The second-order valence-electron chi connectivity index (χ2n) is 5.43. The van der Waals surface area contributed by atoms with E-state index >= 15 is 0 Å². The molecule has 108 valence electrons. The van der Waals surface area contributed by atoms with Crippen LogP contribution < -0.4 is 0 Å². The third-order valence-corrected chi connectivity index (χ3v) is 6.58. The zero-order valence-corrected chi connectivity index (χ0v) is 12.6. The molecule has 0 amide bonds. The third kappa shape index (κ3) is 2.33. The van der Waals surface area contributed by atoms with Gasteiger partial charge in [-0.15, -0.1) is 6.58 Å². The first kappa shape index (κ1) is 15.0. The Balaban J connectivity index is 2.55. The van der Waals surface area contributed by atoms with E-state index in [0.29, 0.717) is 12.8 Å². The number of hydrogen-bond donors (Lipinski definition) is 0. The van der Waals surface area contributed by atoms with E-state index in [1.807, 2.05) is 6.92 Å². The molecule has 0 aromatic heterocycles. The summed E-state index contributed by atoms with van der Waals surface area (Å²) in [7, 11) is -3.67. The number of carbonyl (C=O) groups is 1. The van der Waals surface area contributed by atoms with Crippen LogP contribution in [-0.2, 0) is 14.6 Å². The molecule has 1 aromatic rings. The Bertz CT molecular complexity index is 614. The number of rotatable bonds is 4. The summed E-state index contributed by atoms with van der Waals surface area (Å²) < 4.78 is 24.6. The molecular formula is C16H20O3S. The number of benzene rings is 1. The number of sulfone groups is 1. The van der Waals surface area contributed by atoms with Crippen LogP contribution in [0.4, 0.5) is 0 Å². The molecule has 0 heterocycles. The lowest BCUT2D eigenvalue weighted by Crippen LogP contribution is -2.48. The van der Waals surface area contributed by atoms with Gasteiger partial charge in [-0.2, -0.15) is 0 Å². The zero-order valence-electron chi connectivity index (χ0n) is 11.8. The molecule has 0 N–H and O–H groups in total. The quantitative estimate of drug-likeness (QED) is 0.801. The summed E-state index contributed by atoms with van der Waals surface area (Å²) in [5.41, 5.74) is 0.997. The highest BCUT2D eigenvalue weighted by molar-refractivity contribution is 7.93. The van der Waals surface area contributed by atoms with Gasteiger partial charge in [-0.1, -0.05) is 30.2 Å². The number of Topliss-reactive ketones (excluding diaryl/α,β-unsaturated/α-hetero) is 1. The monoisotopic (exact) mass is 292 g/mol. The van der Waals surface area contributed by atoms with Crippen molar-refractivity contribution in [1.82, 2.24) is 0 Å². The zero-order chi connectivity index (χ0) is 14.8. The molecule has 1 aliphatic rings. The lowest BCUT2D eigenvalue weighted by Gasteiger charge is -2.34. The van der Waals surface area contributed by atoms with Gasteiger partial charge in [0.15, 0.2) is 15.6 Å². The number of hydrogen-bond acceptors (Lipinski definition) is 3. The van der Waals surface area contributed by atoms with Crippen LogP contribution in [0, 0.1) is 6.92 Å². The normalized spacial score (nSPS) is 23.6. The van der Waals surface area contributed by atoms with E-state index in [0.717, 1.165) is 18.4 Å². The summed E-state index contributed by atoms with van der Waals surface area (Å²) in [6, 6.07) is 6.72. The first-order valence-corrected chi connectivity index (χ1v) is 8.38. The molecule has 1 atom stereocenters. The maximum Gasteiger partial charge on any atom is 0.191 e. The van der Waals surface area contributed by atoms with Gasteiger partial charge in [0.25, 0.3) is 0 Å². The minimum atomic E-state index is -3.67. The van der Waals surface area contributed by atoms with Crippen LogP contribution in [0.15, 0.2) is 41.8 Å². The lowest BCUT2D eigenvalue weighted by molar-refractivity contribution is -0.123. The van der Waals surface area contributed by atoms with Crippen LogP contribution in [0.3, 0.4) is 0 Å². The number of aryl methyl sites for hydroxylation is 1. The smallest absolute Gasteiger partial charge is 0.191 e. The number of allylic oxidation sites excluding steroid dienone is 1. The van der Waals surface area contributed by atoms with Gasteiger partial charge < -0.3 is 0 Å². The van der Waals surface area contributed by atoms with Gasteiger partial charge in [0.05, 0.1) is 4.90 Å². The fraction of sp³-hybridized carbons (Fsp3) is 0.438. The van der Waals surface area contributed by atoms with Crippen molar-refractivity contribution in [2.24, 2.45) is 0 Å². The number of ketones is 1. The molecule has 0 radical (unpaired) electrons. The average molecular weight is 292 g/mol. The standard InChI is InChI=1S/C16H20O3S/c1-3-11-16(12-5-4-6-15(16)17)20(18,19)14-9-7-13(2)8-10-14/h3,7-10H,1,4-6,11-12H2,2H3/t16-/m1/s1. The Labute approximate surface area is 120 Å². The van der Waals surface area contributed by atoms with Crippen LogP contribution in [0.1, 0.15) is 37.7 Å². The van der Waals surface area contributed by atoms with Crippen molar-refractivity contribution in [2.75, 3.05) is 0 Å². The average Bonchev–Trinajstić information content (AvgIpc) is 2.42. The van der Waals surface area contributed by atoms with Crippen LogP contribution >= 0.6 is 0 Å². The first-order chi connectivity index (χ1) is 9.44. The molecule has 0 unspecified atom stereocenters. The largest absolute Gasteiger partial charge is 0.298 e. The fourth-order valence-corrected chi connectivity index (χ4v) is 4.95. The molecular weight excluding hydrogens is 272 g/mol. The van der Waals surface area contributed by atoms with Crippen molar-refractivity contribution in [2.45, 2.75) is 48.7 Å². The maximum absolute atomic E-state index is 13.0. The summed E-state index contributed by atoms with van der Waals surface area (Å²) in [5.74, 6) is -0.163. The van der Waals surface area contributed by atoms with Gasteiger partial charge in [0.1, 0.15) is 4.75 Å². The molecule has 1 aromatic carbocycles. The van der Waals surface area contributed by atoms with E-state index in [1.54, 1.807) is 30.3 Å². The molecule has 2 rings (SSSR count). The minimum absolute atomic E-state index is 0.163. The van der Waals surface area contributed by atoms with Crippen molar-refractivity contribution < 1.29 is 13.2 Å². The Hall–Kier alpha value is -1.42. The van der Waals surface area contributed by atoms with Crippen molar-refractivity contribution in [1.29, 1.82) is 0 Å². The van der Waals surface area contributed by atoms with E-state index in [2.05, 4.69) is 6.58 Å². The Morgan fingerprint density at radius 2 is 1.90 bits per heavy atom. The van der Waals surface area contributed by atoms with Gasteiger partial charge >= 0.3 is 0 Å².